The summed E-state index contributed by atoms with van der Waals surface area (Å²) in [6.45, 7) is 2.21. The van der Waals surface area contributed by atoms with Crippen LogP contribution in [0.4, 0.5) is 0 Å². The van der Waals surface area contributed by atoms with E-state index >= 15 is 0 Å². The minimum atomic E-state index is -1.09. The zero-order chi connectivity index (χ0) is 15.7. The zero-order valence-corrected chi connectivity index (χ0v) is 12.1. The van der Waals surface area contributed by atoms with Gasteiger partial charge in [-0.15, -0.1) is 0 Å². The quantitative estimate of drug-likeness (QED) is 0.713. The molecular formula is C15H19NO5. The molecule has 0 saturated heterocycles. The van der Waals surface area contributed by atoms with Gasteiger partial charge in [0.1, 0.15) is 6.54 Å². The topological polar surface area (TPSA) is 84.9 Å². The first-order valence-electron chi connectivity index (χ1n) is 6.55. The molecule has 0 radical (unpaired) electrons. The van der Waals surface area contributed by atoms with Gasteiger partial charge in [0.25, 0.3) is 0 Å². The van der Waals surface area contributed by atoms with Gasteiger partial charge < -0.3 is 19.9 Å². The number of hydrogen-bond acceptors (Lipinski definition) is 4. The summed E-state index contributed by atoms with van der Waals surface area (Å²) in [6, 6.07) is 5.30. The molecule has 0 spiro atoms. The third-order valence-corrected chi connectivity index (χ3v) is 2.49. The maximum Gasteiger partial charge on any atom is 0.322 e. The molecule has 0 unspecified atom stereocenters. The number of benzene rings is 1. The van der Waals surface area contributed by atoms with E-state index in [4.69, 9.17) is 14.6 Å². The summed E-state index contributed by atoms with van der Waals surface area (Å²) in [4.78, 5) is 21.7. The molecule has 0 aliphatic rings. The Kier molecular flexibility index (Phi) is 6.80. The number of rotatable bonds is 8. The Morgan fingerprint density at radius 3 is 2.71 bits per heavy atom. The second-order valence-corrected chi connectivity index (χ2v) is 4.20. The van der Waals surface area contributed by atoms with Gasteiger partial charge in [-0.05, 0) is 30.2 Å². The van der Waals surface area contributed by atoms with Crippen molar-refractivity contribution in [3.8, 4) is 11.5 Å². The maximum absolute atomic E-state index is 11.4. The van der Waals surface area contributed by atoms with Crippen LogP contribution in [0.15, 0.2) is 24.3 Å². The van der Waals surface area contributed by atoms with E-state index in [9.17, 15) is 9.59 Å². The van der Waals surface area contributed by atoms with Crippen molar-refractivity contribution in [3.05, 3.63) is 29.8 Å². The highest BCUT2D eigenvalue weighted by Crippen LogP contribution is 2.28. The number of carboxylic acid groups (broad SMARTS) is 1. The van der Waals surface area contributed by atoms with Crippen molar-refractivity contribution in [2.24, 2.45) is 0 Å². The number of hydrogen-bond donors (Lipinski definition) is 2. The molecule has 2 N–H and O–H groups in total. The average Bonchev–Trinajstić information content (AvgIpc) is 2.49. The fourth-order valence-electron chi connectivity index (χ4n) is 1.51. The Morgan fingerprint density at radius 1 is 1.33 bits per heavy atom. The van der Waals surface area contributed by atoms with Gasteiger partial charge in [0.05, 0.1) is 13.7 Å². The van der Waals surface area contributed by atoms with E-state index in [0.717, 1.165) is 12.0 Å². The predicted molar refractivity (Wildman–Crippen MR) is 78.5 cm³/mol. The van der Waals surface area contributed by atoms with Crippen molar-refractivity contribution in [2.45, 2.75) is 13.3 Å². The third kappa shape index (κ3) is 5.99. The molecule has 6 heteroatoms. The van der Waals surface area contributed by atoms with Crippen LogP contribution in [-0.2, 0) is 9.59 Å². The van der Waals surface area contributed by atoms with Crippen LogP contribution in [0.3, 0.4) is 0 Å². The largest absolute Gasteiger partial charge is 0.493 e. The summed E-state index contributed by atoms with van der Waals surface area (Å²) in [5, 5.41) is 10.7. The van der Waals surface area contributed by atoms with E-state index in [1.54, 1.807) is 31.4 Å². The first-order chi connectivity index (χ1) is 10.1. The molecule has 0 atom stereocenters. The number of ether oxygens (including phenoxy) is 2. The summed E-state index contributed by atoms with van der Waals surface area (Å²) in [5.74, 6) is -0.332. The number of carboxylic acids is 1. The summed E-state index contributed by atoms with van der Waals surface area (Å²) in [6.07, 6.45) is 3.74. The fraction of sp³-hybridized carbons (Fsp3) is 0.333. The maximum atomic E-state index is 11.4. The van der Waals surface area contributed by atoms with Gasteiger partial charge >= 0.3 is 5.97 Å². The lowest BCUT2D eigenvalue weighted by Crippen LogP contribution is -2.27. The number of nitrogens with one attached hydrogen (secondary N) is 1. The molecule has 21 heavy (non-hydrogen) atoms. The van der Waals surface area contributed by atoms with E-state index < -0.39 is 18.4 Å². The number of amides is 1. The highest BCUT2D eigenvalue weighted by atomic mass is 16.5. The molecule has 1 aromatic rings. The third-order valence-electron chi connectivity index (χ3n) is 2.49. The van der Waals surface area contributed by atoms with Crippen molar-refractivity contribution in [1.29, 1.82) is 0 Å². The Labute approximate surface area is 123 Å². The van der Waals surface area contributed by atoms with Gasteiger partial charge in [-0.3, -0.25) is 9.59 Å². The standard InChI is InChI=1S/C15H19NO5/c1-3-8-21-12-6-4-11(9-13(12)20-2)5-7-14(17)16-10-15(18)19/h4-7,9H,3,8,10H2,1-2H3,(H,16,17)(H,18,19)/b7-5+. The number of methoxy groups -OCH3 is 1. The first-order valence-corrected chi connectivity index (χ1v) is 6.55. The summed E-state index contributed by atoms with van der Waals surface area (Å²) in [7, 11) is 1.54. The van der Waals surface area contributed by atoms with Crippen molar-refractivity contribution in [3.63, 3.8) is 0 Å². The lowest BCUT2D eigenvalue weighted by atomic mass is 10.2. The van der Waals surface area contributed by atoms with E-state index in [1.807, 2.05) is 6.92 Å². The van der Waals surface area contributed by atoms with Gasteiger partial charge in [-0.25, -0.2) is 0 Å². The smallest absolute Gasteiger partial charge is 0.322 e. The van der Waals surface area contributed by atoms with Crippen molar-refractivity contribution in [1.82, 2.24) is 5.32 Å². The van der Waals surface area contributed by atoms with Crippen LogP contribution in [0, 0.1) is 0 Å². The molecule has 6 nitrogen and oxygen atoms in total. The van der Waals surface area contributed by atoms with Crippen LogP contribution in [-0.4, -0.2) is 37.2 Å². The minimum absolute atomic E-state index is 0.406. The molecule has 0 aliphatic carbocycles. The number of aliphatic carboxylic acids is 1. The average molecular weight is 293 g/mol. The predicted octanol–water partition coefficient (Wildman–Crippen LogP) is 1.70. The van der Waals surface area contributed by atoms with Crippen LogP contribution >= 0.6 is 0 Å². The normalized spacial score (nSPS) is 10.4. The van der Waals surface area contributed by atoms with E-state index in [1.165, 1.54) is 6.08 Å². The first kappa shape index (κ1) is 16.6. The van der Waals surface area contributed by atoms with E-state index in [0.29, 0.717) is 18.1 Å². The molecule has 1 rings (SSSR count). The fourth-order valence-corrected chi connectivity index (χ4v) is 1.51. The Morgan fingerprint density at radius 2 is 2.10 bits per heavy atom. The lowest BCUT2D eigenvalue weighted by Gasteiger charge is -2.10. The van der Waals surface area contributed by atoms with Gasteiger partial charge in [0.15, 0.2) is 11.5 Å². The zero-order valence-electron chi connectivity index (χ0n) is 12.1. The molecule has 1 amide bonds. The summed E-state index contributed by atoms with van der Waals surface area (Å²) >= 11 is 0. The Balaban J connectivity index is 2.71. The van der Waals surface area contributed by atoms with Crippen LogP contribution in [0.1, 0.15) is 18.9 Å². The monoisotopic (exact) mass is 293 g/mol. The second-order valence-electron chi connectivity index (χ2n) is 4.20. The molecule has 1 aromatic carbocycles. The second kappa shape index (κ2) is 8.63. The highest BCUT2D eigenvalue weighted by molar-refractivity contribution is 5.93. The van der Waals surface area contributed by atoms with Gasteiger partial charge in [0.2, 0.25) is 5.91 Å². The number of carbonyl (C=O) groups excluding carboxylic acids is 1. The van der Waals surface area contributed by atoms with Gasteiger partial charge in [-0.2, -0.15) is 0 Å². The van der Waals surface area contributed by atoms with Crippen LogP contribution in [0.5, 0.6) is 11.5 Å². The summed E-state index contributed by atoms with van der Waals surface area (Å²) in [5.41, 5.74) is 0.751. The lowest BCUT2D eigenvalue weighted by molar-refractivity contribution is -0.137. The SMILES string of the molecule is CCCOc1ccc(/C=C/C(=O)NCC(=O)O)cc1OC. The minimum Gasteiger partial charge on any atom is -0.493 e. The van der Waals surface area contributed by atoms with Crippen molar-refractivity contribution < 1.29 is 24.2 Å². The molecule has 0 bridgehead atoms. The highest BCUT2D eigenvalue weighted by Gasteiger charge is 2.05. The van der Waals surface area contributed by atoms with Crippen LogP contribution < -0.4 is 14.8 Å². The Bertz CT molecular complexity index is 525. The van der Waals surface area contributed by atoms with Gasteiger partial charge in [-0.1, -0.05) is 13.0 Å². The van der Waals surface area contributed by atoms with E-state index in [2.05, 4.69) is 5.32 Å². The molecule has 0 saturated carbocycles. The van der Waals surface area contributed by atoms with Gasteiger partial charge in [0, 0.05) is 6.08 Å². The summed E-state index contributed by atoms with van der Waals surface area (Å²) < 4.78 is 10.8. The Hall–Kier alpha value is -2.50. The molecular weight excluding hydrogens is 274 g/mol. The molecule has 0 aliphatic heterocycles. The molecule has 0 aromatic heterocycles. The molecule has 0 fully saturated rings. The molecule has 114 valence electrons. The molecule has 0 heterocycles. The van der Waals surface area contributed by atoms with Crippen molar-refractivity contribution >= 4 is 18.0 Å². The van der Waals surface area contributed by atoms with Crippen LogP contribution in [0.25, 0.3) is 6.08 Å². The van der Waals surface area contributed by atoms with E-state index in [-0.39, 0.29) is 0 Å². The van der Waals surface area contributed by atoms with Crippen LogP contribution in [0.2, 0.25) is 0 Å². The van der Waals surface area contributed by atoms with Crippen molar-refractivity contribution in [2.75, 3.05) is 20.3 Å². The number of carbonyl (C=O) groups is 2.